The second-order valence-corrected chi connectivity index (χ2v) is 3.74. The van der Waals surface area contributed by atoms with E-state index in [1.807, 2.05) is 6.92 Å². The van der Waals surface area contributed by atoms with E-state index < -0.39 is 17.1 Å². The van der Waals surface area contributed by atoms with Crippen molar-refractivity contribution in [2.75, 3.05) is 5.32 Å². The largest absolute Gasteiger partial charge is 0.322 e. The van der Waals surface area contributed by atoms with Crippen LogP contribution in [-0.4, -0.2) is 11.3 Å². The molecule has 1 aromatic carbocycles. The Kier molecular flexibility index (Phi) is 3.47. The molecule has 0 aliphatic rings. The minimum Gasteiger partial charge on any atom is -0.322 e. The van der Waals surface area contributed by atoms with Crippen molar-refractivity contribution in [2.45, 2.75) is 19.2 Å². The average molecular weight is 216 g/mol. The van der Waals surface area contributed by atoms with E-state index in [0.29, 0.717) is 0 Å². The van der Waals surface area contributed by atoms with Crippen LogP contribution >= 0.6 is 11.6 Å². The summed E-state index contributed by atoms with van der Waals surface area (Å²) in [6.07, 6.45) is 0. The van der Waals surface area contributed by atoms with Crippen LogP contribution in [0.2, 0.25) is 0 Å². The highest BCUT2D eigenvalue weighted by Crippen LogP contribution is 2.16. The van der Waals surface area contributed by atoms with Crippen molar-refractivity contribution in [2.24, 2.45) is 0 Å². The molecular weight excluding hydrogens is 205 g/mol. The van der Waals surface area contributed by atoms with E-state index in [0.717, 1.165) is 5.56 Å². The molecule has 0 saturated carbocycles. The summed E-state index contributed by atoms with van der Waals surface area (Å²) < 4.78 is 13.1. The van der Waals surface area contributed by atoms with Gasteiger partial charge >= 0.3 is 0 Å². The Morgan fingerprint density at radius 2 is 2.21 bits per heavy atom. The fourth-order valence-corrected chi connectivity index (χ4v) is 1.02. The van der Waals surface area contributed by atoms with Crippen LogP contribution in [0.1, 0.15) is 12.5 Å². The highest BCUT2D eigenvalue weighted by Gasteiger charge is 2.11. The fraction of sp³-hybridized carbons (Fsp3) is 0.300. The third-order valence-corrected chi connectivity index (χ3v) is 1.94. The highest BCUT2D eigenvalue weighted by molar-refractivity contribution is 6.32. The molecule has 1 atom stereocenters. The summed E-state index contributed by atoms with van der Waals surface area (Å²) in [7, 11) is 0. The number of anilines is 1. The van der Waals surface area contributed by atoms with Crippen molar-refractivity contribution in [3.05, 3.63) is 29.6 Å². The number of halogens is 2. The predicted octanol–water partition coefficient (Wildman–Crippen LogP) is 2.70. The molecule has 0 saturated heterocycles. The molecule has 1 N–H and O–H groups in total. The summed E-state index contributed by atoms with van der Waals surface area (Å²) in [5.41, 5.74) is 1.05. The first-order valence-corrected chi connectivity index (χ1v) is 4.65. The second kappa shape index (κ2) is 4.42. The Labute approximate surface area is 87.1 Å². The summed E-state index contributed by atoms with van der Waals surface area (Å²) in [6, 6.07) is 4.51. The maximum atomic E-state index is 13.1. The van der Waals surface area contributed by atoms with E-state index >= 15 is 0 Å². The van der Waals surface area contributed by atoms with Crippen LogP contribution in [0.15, 0.2) is 18.2 Å². The minimum atomic E-state index is -0.671. The zero-order valence-corrected chi connectivity index (χ0v) is 8.73. The molecule has 0 bridgehead atoms. The van der Waals surface area contributed by atoms with Gasteiger partial charge in [0.2, 0.25) is 5.91 Å². The summed E-state index contributed by atoms with van der Waals surface area (Å²) >= 11 is 5.54. The molecule has 76 valence electrons. The van der Waals surface area contributed by atoms with Crippen molar-refractivity contribution in [1.29, 1.82) is 0 Å². The number of carbonyl (C=O) groups excluding carboxylic acids is 1. The van der Waals surface area contributed by atoms with Crippen LogP contribution in [0.3, 0.4) is 0 Å². The molecule has 0 aliphatic carbocycles. The third kappa shape index (κ3) is 2.70. The smallest absolute Gasteiger partial charge is 0.242 e. The van der Waals surface area contributed by atoms with E-state index in [-0.39, 0.29) is 5.69 Å². The Hall–Kier alpha value is -1.09. The maximum Gasteiger partial charge on any atom is 0.242 e. The molecule has 2 nitrogen and oxygen atoms in total. The molecule has 0 unspecified atom stereocenters. The predicted molar refractivity (Wildman–Crippen MR) is 55.1 cm³/mol. The van der Waals surface area contributed by atoms with E-state index in [1.165, 1.54) is 13.0 Å². The first kappa shape index (κ1) is 11.0. The van der Waals surface area contributed by atoms with E-state index in [9.17, 15) is 9.18 Å². The average Bonchev–Trinajstić information content (AvgIpc) is 2.11. The first-order chi connectivity index (χ1) is 6.50. The van der Waals surface area contributed by atoms with Gasteiger partial charge in [0, 0.05) is 0 Å². The summed E-state index contributed by atoms with van der Waals surface area (Å²) in [5, 5.41) is 1.73. The molecule has 0 aromatic heterocycles. The maximum absolute atomic E-state index is 13.1. The van der Waals surface area contributed by atoms with Gasteiger partial charge < -0.3 is 5.32 Å². The first-order valence-electron chi connectivity index (χ1n) is 4.22. The van der Waals surface area contributed by atoms with Crippen molar-refractivity contribution in [3.8, 4) is 0 Å². The van der Waals surface area contributed by atoms with Crippen LogP contribution in [0.5, 0.6) is 0 Å². The van der Waals surface area contributed by atoms with Crippen LogP contribution in [0.4, 0.5) is 10.1 Å². The summed E-state index contributed by atoms with van der Waals surface area (Å²) in [5.74, 6) is -0.863. The van der Waals surface area contributed by atoms with Crippen LogP contribution in [0.25, 0.3) is 0 Å². The quantitative estimate of drug-likeness (QED) is 0.756. The lowest BCUT2D eigenvalue weighted by Gasteiger charge is -2.07. The topological polar surface area (TPSA) is 29.1 Å². The molecule has 0 heterocycles. The second-order valence-electron chi connectivity index (χ2n) is 3.09. The van der Waals surface area contributed by atoms with Gasteiger partial charge in [0.25, 0.3) is 0 Å². The standard InChI is InChI=1S/C10H11ClFNO/c1-6-3-4-8(12)9(5-6)13-10(14)7(2)11/h3-5,7H,1-2H3,(H,13,14)/t7-/m1/s1. The Morgan fingerprint density at radius 1 is 1.57 bits per heavy atom. The molecule has 0 aliphatic heterocycles. The molecule has 0 spiro atoms. The molecule has 1 aromatic rings. The van der Waals surface area contributed by atoms with Crippen molar-refractivity contribution < 1.29 is 9.18 Å². The molecular formula is C10H11ClFNO. The van der Waals surface area contributed by atoms with Gasteiger partial charge in [0.1, 0.15) is 11.2 Å². The van der Waals surface area contributed by atoms with Gasteiger partial charge in [-0.25, -0.2) is 4.39 Å². The van der Waals surface area contributed by atoms with Gasteiger partial charge in [0.15, 0.2) is 0 Å². The normalized spacial score (nSPS) is 12.3. The number of amides is 1. The third-order valence-electron chi connectivity index (χ3n) is 1.74. The number of carbonyl (C=O) groups is 1. The lowest BCUT2D eigenvalue weighted by atomic mass is 10.2. The van der Waals surface area contributed by atoms with Gasteiger partial charge in [-0.3, -0.25) is 4.79 Å². The lowest BCUT2D eigenvalue weighted by Crippen LogP contribution is -2.20. The molecule has 0 fully saturated rings. The number of hydrogen-bond acceptors (Lipinski definition) is 1. The van der Waals surface area contributed by atoms with Crippen molar-refractivity contribution in [3.63, 3.8) is 0 Å². The number of rotatable bonds is 2. The number of nitrogens with one attached hydrogen (secondary N) is 1. The van der Waals surface area contributed by atoms with Crippen LogP contribution < -0.4 is 5.32 Å². The van der Waals surface area contributed by atoms with Crippen molar-refractivity contribution >= 4 is 23.2 Å². The van der Waals surface area contributed by atoms with Crippen molar-refractivity contribution in [1.82, 2.24) is 0 Å². The summed E-state index contributed by atoms with van der Waals surface area (Å²) in [6.45, 7) is 3.35. The summed E-state index contributed by atoms with van der Waals surface area (Å²) in [4.78, 5) is 11.2. The fourth-order valence-electron chi connectivity index (χ4n) is 0.967. The SMILES string of the molecule is Cc1ccc(F)c(NC(=O)[C@@H](C)Cl)c1. The molecule has 1 rings (SSSR count). The van der Waals surface area contributed by atoms with Gasteiger partial charge in [0.05, 0.1) is 5.69 Å². The van der Waals surface area contributed by atoms with Gasteiger partial charge in [-0.2, -0.15) is 0 Å². The Bertz CT molecular complexity index is 352. The monoisotopic (exact) mass is 215 g/mol. The minimum absolute atomic E-state index is 0.169. The van der Waals surface area contributed by atoms with Crippen LogP contribution in [0, 0.1) is 12.7 Å². The lowest BCUT2D eigenvalue weighted by molar-refractivity contribution is -0.115. The van der Waals surface area contributed by atoms with E-state index in [4.69, 9.17) is 11.6 Å². The molecule has 14 heavy (non-hydrogen) atoms. The molecule has 4 heteroatoms. The number of benzene rings is 1. The Balaban J connectivity index is 2.86. The van der Waals surface area contributed by atoms with Gasteiger partial charge in [-0.15, -0.1) is 11.6 Å². The van der Waals surface area contributed by atoms with Gasteiger partial charge in [-0.05, 0) is 31.5 Å². The van der Waals surface area contributed by atoms with Crippen LogP contribution in [-0.2, 0) is 4.79 Å². The van der Waals surface area contributed by atoms with Gasteiger partial charge in [-0.1, -0.05) is 6.07 Å². The highest BCUT2D eigenvalue weighted by atomic mass is 35.5. The Morgan fingerprint density at radius 3 is 2.79 bits per heavy atom. The number of hydrogen-bond donors (Lipinski definition) is 1. The molecule has 0 radical (unpaired) electrons. The number of aryl methyl sites for hydroxylation is 1. The zero-order valence-electron chi connectivity index (χ0n) is 7.97. The van der Waals surface area contributed by atoms with E-state index in [2.05, 4.69) is 5.32 Å². The molecule has 1 amide bonds. The number of alkyl halides is 1. The zero-order chi connectivity index (χ0) is 10.7. The van der Waals surface area contributed by atoms with E-state index in [1.54, 1.807) is 12.1 Å².